The van der Waals surface area contributed by atoms with Crippen molar-refractivity contribution in [1.82, 2.24) is 9.88 Å². The molecule has 0 radical (unpaired) electrons. The number of aromatic nitrogens is 1. The molecule has 1 spiro atoms. The van der Waals surface area contributed by atoms with Gasteiger partial charge in [0.15, 0.2) is 5.60 Å². The number of hydrogen-bond donors (Lipinski definition) is 0. The fraction of sp³-hybridized carbons (Fsp3) is 0.600. The Kier molecular flexibility index (Phi) is 4.53. The molecule has 0 aliphatic carbocycles. The molecule has 0 saturated carbocycles. The average molecular weight is 261 g/mol. The molecule has 4 heteroatoms. The molecule has 2 aliphatic rings. The zero-order chi connectivity index (χ0) is 13.7. The lowest BCUT2D eigenvalue weighted by Gasteiger charge is -2.36. The van der Waals surface area contributed by atoms with E-state index < -0.39 is 0 Å². The fourth-order valence-corrected chi connectivity index (χ4v) is 2.76. The standard InChI is InChI=1S/C13H17N3O.C2H6/c1-16-8-2-5-13(10-16)9-12(15-17-13)11-3-6-14-7-4-11;1-2/h3-4,6-7H,2,5,8-10H2,1H3;1-2H3. The van der Waals surface area contributed by atoms with Crippen LogP contribution >= 0.6 is 0 Å². The molecule has 104 valence electrons. The predicted octanol–water partition coefficient (Wildman–Crippen LogP) is 2.70. The van der Waals surface area contributed by atoms with Gasteiger partial charge in [-0.3, -0.25) is 4.98 Å². The molecular formula is C15H23N3O. The SMILES string of the molecule is CC.CN1CCCC2(CC(c3ccncc3)=NO2)C1. The van der Waals surface area contributed by atoms with Gasteiger partial charge in [0.25, 0.3) is 0 Å². The largest absolute Gasteiger partial charge is 0.387 e. The van der Waals surface area contributed by atoms with Gasteiger partial charge in [0, 0.05) is 30.9 Å². The molecule has 1 saturated heterocycles. The lowest BCUT2D eigenvalue weighted by molar-refractivity contribution is -0.0631. The van der Waals surface area contributed by atoms with Crippen LogP contribution < -0.4 is 0 Å². The van der Waals surface area contributed by atoms with Gasteiger partial charge in [0.1, 0.15) is 0 Å². The molecule has 0 aromatic carbocycles. The summed E-state index contributed by atoms with van der Waals surface area (Å²) in [7, 11) is 2.15. The molecule has 4 nitrogen and oxygen atoms in total. The van der Waals surface area contributed by atoms with E-state index in [2.05, 4.69) is 22.1 Å². The first-order chi connectivity index (χ1) is 9.27. The van der Waals surface area contributed by atoms with E-state index in [1.165, 1.54) is 6.42 Å². The topological polar surface area (TPSA) is 37.7 Å². The Morgan fingerprint density at radius 1 is 1.26 bits per heavy atom. The van der Waals surface area contributed by atoms with E-state index >= 15 is 0 Å². The zero-order valence-electron chi connectivity index (χ0n) is 12.1. The molecule has 2 aliphatic heterocycles. The normalized spacial score (nSPS) is 26.4. The number of nitrogens with zero attached hydrogens (tertiary/aromatic N) is 3. The molecule has 1 fully saturated rings. The Bertz CT molecular complexity index is 432. The number of oxime groups is 1. The molecule has 3 heterocycles. The molecule has 0 bridgehead atoms. The van der Waals surface area contributed by atoms with Gasteiger partial charge in [-0.15, -0.1) is 0 Å². The van der Waals surface area contributed by atoms with Crippen LogP contribution in [0.15, 0.2) is 29.7 Å². The average Bonchev–Trinajstić information content (AvgIpc) is 2.85. The van der Waals surface area contributed by atoms with Crippen molar-refractivity contribution in [2.75, 3.05) is 20.1 Å². The summed E-state index contributed by atoms with van der Waals surface area (Å²) in [5, 5.41) is 4.28. The van der Waals surface area contributed by atoms with E-state index in [-0.39, 0.29) is 5.60 Å². The molecule has 3 rings (SSSR count). The summed E-state index contributed by atoms with van der Waals surface area (Å²) >= 11 is 0. The molecule has 1 aromatic rings. The fourth-order valence-electron chi connectivity index (χ4n) is 2.76. The van der Waals surface area contributed by atoms with E-state index in [1.54, 1.807) is 12.4 Å². The number of rotatable bonds is 1. The van der Waals surface area contributed by atoms with Gasteiger partial charge in [0.2, 0.25) is 0 Å². The Morgan fingerprint density at radius 2 is 2.00 bits per heavy atom. The van der Waals surface area contributed by atoms with E-state index in [4.69, 9.17) is 4.84 Å². The quantitative estimate of drug-likeness (QED) is 0.780. The first-order valence-electron chi connectivity index (χ1n) is 7.11. The number of piperidine rings is 1. The van der Waals surface area contributed by atoms with Gasteiger partial charge >= 0.3 is 0 Å². The first-order valence-corrected chi connectivity index (χ1v) is 7.11. The van der Waals surface area contributed by atoms with Crippen LogP contribution in [0.25, 0.3) is 0 Å². The number of pyridine rings is 1. The van der Waals surface area contributed by atoms with Crippen molar-refractivity contribution in [3.63, 3.8) is 0 Å². The van der Waals surface area contributed by atoms with Crippen molar-refractivity contribution in [1.29, 1.82) is 0 Å². The molecule has 0 amide bonds. The predicted molar refractivity (Wildman–Crippen MR) is 77.3 cm³/mol. The minimum Gasteiger partial charge on any atom is -0.387 e. The van der Waals surface area contributed by atoms with E-state index in [0.717, 1.165) is 37.2 Å². The highest BCUT2D eigenvalue weighted by molar-refractivity contribution is 6.01. The van der Waals surface area contributed by atoms with Crippen LogP contribution in [0.1, 0.15) is 38.7 Å². The maximum Gasteiger partial charge on any atom is 0.156 e. The van der Waals surface area contributed by atoms with Crippen LogP contribution in [-0.2, 0) is 4.84 Å². The van der Waals surface area contributed by atoms with Gasteiger partial charge < -0.3 is 9.74 Å². The second-order valence-corrected chi connectivity index (χ2v) is 5.07. The van der Waals surface area contributed by atoms with E-state index in [9.17, 15) is 0 Å². The lowest BCUT2D eigenvalue weighted by atomic mass is 9.87. The van der Waals surface area contributed by atoms with Gasteiger partial charge in [0.05, 0.1) is 5.71 Å². The maximum absolute atomic E-state index is 5.74. The van der Waals surface area contributed by atoms with Crippen LogP contribution in [-0.4, -0.2) is 41.3 Å². The van der Waals surface area contributed by atoms with Crippen molar-refractivity contribution in [3.8, 4) is 0 Å². The Hall–Kier alpha value is -1.42. The second-order valence-electron chi connectivity index (χ2n) is 5.07. The van der Waals surface area contributed by atoms with Crippen LogP contribution in [0.5, 0.6) is 0 Å². The first kappa shape index (κ1) is 14.0. The van der Waals surface area contributed by atoms with Crippen molar-refractivity contribution >= 4 is 5.71 Å². The van der Waals surface area contributed by atoms with Crippen LogP contribution in [0.4, 0.5) is 0 Å². The highest BCUT2D eigenvalue weighted by Gasteiger charge is 2.42. The summed E-state index contributed by atoms with van der Waals surface area (Å²) in [5.41, 5.74) is 2.11. The van der Waals surface area contributed by atoms with Gasteiger partial charge in [-0.25, -0.2) is 0 Å². The summed E-state index contributed by atoms with van der Waals surface area (Å²) in [6.45, 7) is 6.14. The van der Waals surface area contributed by atoms with Crippen LogP contribution in [0.3, 0.4) is 0 Å². The van der Waals surface area contributed by atoms with Crippen LogP contribution in [0.2, 0.25) is 0 Å². The Labute approximate surface area is 115 Å². The molecule has 0 N–H and O–H groups in total. The third kappa shape index (κ3) is 3.13. The van der Waals surface area contributed by atoms with Crippen LogP contribution in [0, 0.1) is 0 Å². The maximum atomic E-state index is 5.74. The number of likely N-dealkylation sites (N-methyl/N-ethyl adjacent to an activating group) is 1. The molecule has 1 atom stereocenters. The summed E-state index contributed by atoms with van der Waals surface area (Å²) in [5.74, 6) is 0. The third-order valence-corrected chi connectivity index (χ3v) is 3.58. The summed E-state index contributed by atoms with van der Waals surface area (Å²) in [6, 6.07) is 3.99. The Balaban J connectivity index is 0.000000637. The molecular weight excluding hydrogens is 238 g/mol. The molecule has 1 unspecified atom stereocenters. The Morgan fingerprint density at radius 3 is 2.68 bits per heavy atom. The van der Waals surface area contributed by atoms with Crippen molar-refractivity contribution in [3.05, 3.63) is 30.1 Å². The summed E-state index contributed by atoms with van der Waals surface area (Å²) in [4.78, 5) is 12.1. The van der Waals surface area contributed by atoms with Gasteiger partial charge in [-0.05, 0) is 38.6 Å². The highest BCUT2D eigenvalue weighted by Crippen LogP contribution is 2.34. The molecule has 19 heavy (non-hydrogen) atoms. The smallest absolute Gasteiger partial charge is 0.156 e. The monoisotopic (exact) mass is 261 g/mol. The minimum atomic E-state index is -0.0778. The zero-order valence-corrected chi connectivity index (χ0v) is 12.1. The van der Waals surface area contributed by atoms with E-state index in [0.29, 0.717) is 0 Å². The molecule has 1 aromatic heterocycles. The minimum absolute atomic E-state index is 0.0778. The summed E-state index contributed by atoms with van der Waals surface area (Å²) < 4.78 is 0. The van der Waals surface area contributed by atoms with Gasteiger partial charge in [-0.2, -0.15) is 0 Å². The second kappa shape index (κ2) is 6.15. The third-order valence-electron chi connectivity index (χ3n) is 3.58. The number of hydrogen-bond acceptors (Lipinski definition) is 4. The van der Waals surface area contributed by atoms with Crippen molar-refractivity contribution in [2.45, 2.75) is 38.7 Å². The van der Waals surface area contributed by atoms with E-state index in [1.807, 2.05) is 26.0 Å². The van der Waals surface area contributed by atoms with Crippen molar-refractivity contribution in [2.24, 2.45) is 5.16 Å². The number of likely N-dealkylation sites (tertiary alicyclic amines) is 1. The lowest BCUT2D eigenvalue weighted by Crippen LogP contribution is -2.46. The highest BCUT2D eigenvalue weighted by atomic mass is 16.7. The van der Waals surface area contributed by atoms with Crippen molar-refractivity contribution < 1.29 is 4.84 Å². The van der Waals surface area contributed by atoms with Gasteiger partial charge in [-0.1, -0.05) is 19.0 Å². The summed E-state index contributed by atoms with van der Waals surface area (Å²) in [6.07, 6.45) is 6.82.